The molecule has 2 aromatic rings. The van der Waals surface area contributed by atoms with Gasteiger partial charge in [0.2, 0.25) is 5.91 Å². The molecule has 1 spiro atoms. The number of nitriles is 1. The van der Waals surface area contributed by atoms with Gasteiger partial charge in [0.1, 0.15) is 6.07 Å². The summed E-state index contributed by atoms with van der Waals surface area (Å²) in [6.07, 6.45) is 8.06. The van der Waals surface area contributed by atoms with Gasteiger partial charge in [-0.1, -0.05) is 42.6 Å². The molecule has 2 saturated carbocycles. The molecule has 3 nitrogen and oxygen atoms in total. The van der Waals surface area contributed by atoms with Crippen LogP contribution in [0.4, 0.5) is 8.78 Å². The maximum atomic E-state index is 14.7. The van der Waals surface area contributed by atoms with Crippen LogP contribution in [0.5, 0.6) is 0 Å². The van der Waals surface area contributed by atoms with Crippen LogP contribution in [0, 0.1) is 39.7 Å². The van der Waals surface area contributed by atoms with Crippen molar-refractivity contribution in [2.45, 2.75) is 57.8 Å². The topological polar surface area (TPSA) is 44.1 Å². The highest BCUT2D eigenvalue weighted by Gasteiger charge is 2.68. The number of carbonyl (C=O) groups excluding carboxylic acids is 1. The van der Waals surface area contributed by atoms with Gasteiger partial charge in [-0.25, -0.2) is 8.78 Å². The third-order valence-corrected chi connectivity index (χ3v) is 8.97. The summed E-state index contributed by atoms with van der Waals surface area (Å²) >= 11 is 6.24. The van der Waals surface area contributed by atoms with Crippen molar-refractivity contribution in [1.82, 2.24) is 4.90 Å². The second-order valence-electron chi connectivity index (χ2n) is 10.5. The van der Waals surface area contributed by atoms with E-state index in [-0.39, 0.29) is 22.7 Å². The van der Waals surface area contributed by atoms with E-state index in [1.807, 2.05) is 17.0 Å². The third kappa shape index (κ3) is 4.11. The number of halogens is 3. The molecule has 2 aromatic carbocycles. The van der Waals surface area contributed by atoms with Gasteiger partial charge < -0.3 is 4.90 Å². The fourth-order valence-corrected chi connectivity index (χ4v) is 6.85. The standard InChI is InChI=1S/C28H29ClF2N2O/c29-23-14-19(8-9-22(23)16-32)10-11-27(15-21-6-3-7-24(30)25(21)31)17-28(27)12-13-33(18-28)26(34)20-4-1-2-5-20/h3,6-9,14,20H,1-2,4-5,10-13,15,17-18H2/t27?,28-/m0/s1. The van der Waals surface area contributed by atoms with E-state index in [0.29, 0.717) is 29.1 Å². The smallest absolute Gasteiger partial charge is 0.225 e. The zero-order valence-electron chi connectivity index (χ0n) is 19.3. The summed E-state index contributed by atoms with van der Waals surface area (Å²) < 4.78 is 28.6. The highest BCUT2D eigenvalue weighted by Crippen LogP contribution is 2.71. The predicted molar refractivity (Wildman–Crippen MR) is 127 cm³/mol. The second-order valence-corrected chi connectivity index (χ2v) is 11.0. The number of rotatable bonds is 6. The molecule has 1 saturated heterocycles. The largest absolute Gasteiger partial charge is 0.342 e. The zero-order chi connectivity index (χ0) is 23.9. The lowest BCUT2D eigenvalue weighted by molar-refractivity contribution is -0.134. The molecule has 0 aromatic heterocycles. The number of benzene rings is 2. The molecule has 3 fully saturated rings. The van der Waals surface area contributed by atoms with Crippen LogP contribution in [0.15, 0.2) is 36.4 Å². The van der Waals surface area contributed by atoms with Crippen molar-refractivity contribution in [3.05, 3.63) is 69.7 Å². The number of hydrogen-bond donors (Lipinski definition) is 0. The Morgan fingerprint density at radius 1 is 1.21 bits per heavy atom. The molecule has 2 atom stereocenters. The van der Waals surface area contributed by atoms with E-state index in [2.05, 4.69) is 6.07 Å². The maximum absolute atomic E-state index is 14.7. The summed E-state index contributed by atoms with van der Waals surface area (Å²) in [5.41, 5.74) is 1.65. The molecule has 2 aliphatic carbocycles. The number of likely N-dealkylation sites (tertiary alicyclic amines) is 1. The van der Waals surface area contributed by atoms with Crippen LogP contribution < -0.4 is 0 Å². The number of hydrogen-bond acceptors (Lipinski definition) is 2. The van der Waals surface area contributed by atoms with Crippen LogP contribution >= 0.6 is 11.6 Å². The Morgan fingerprint density at radius 3 is 2.74 bits per heavy atom. The fourth-order valence-electron chi connectivity index (χ4n) is 6.60. The van der Waals surface area contributed by atoms with E-state index < -0.39 is 11.6 Å². The lowest BCUT2D eigenvalue weighted by atomic mass is 9.81. The molecule has 0 radical (unpaired) electrons. The van der Waals surface area contributed by atoms with Crippen LogP contribution in [0.1, 0.15) is 61.6 Å². The molecular weight excluding hydrogens is 454 g/mol. The van der Waals surface area contributed by atoms with Crippen molar-refractivity contribution in [1.29, 1.82) is 5.26 Å². The molecular formula is C28H29ClF2N2O. The Labute approximate surface area is 204 Å². The molecule has 5 rings (SSSR count). The van der Waals surface area contributed by atoms with Gasteiger partial charge in [-0.05, 0) is 85.1 Å². The van der Waals surface area contributed by atoms with Crippen molar-refractivity contribution in [3.63, 3.8) is 0 Å². The van der Waals surface area contributed by atoms with Gasteiger partial charge in [0, 0.05) is 19.0 Å². The lowest BCUT2D eigenvalue weighted by Gasteiger charge is -2.25. The Morgan fingerprint density at radius 2 is 2.00 bits per heavy atom. The van der Waals surface area contributed by atoms with Crippen LogP contribution in [0.3, 0.4) is 0 Å². The van der Waals surface area contributed by atoms with E-state index in [0.717, 1.165) is 69.5 Å². The summed E-state index contributed by atoms with van der Waals surface area (Å²) in [6.45, 7) is 1.47. The quantitative estimate of drug-likeness (QED) is 0.474. The van der Waals surface area contributed by atoms with E-state index in [4.69, 9.17) is 16.9 Å². The summed E-state index contributed by atoms with van der Waals surface area (Å²) in [4.78, 5) is 15.1. The molecule has 0 N–H and O–H groups in total. The minimum Gasteiger partial charge on any atom is -0.342 e. The molecule has 1 aliphatic heterocycles. The maximum Gasteiger partial charge on any atom is 0.225 e. The molecule has 0 bridgehead atoms. The first-order valence-corrected chi connectivity index (χ1v) is 12.6. The van der Waals surface area contributed by atoms with E-state index >= 15 is 0 Å². The third-order valence-electron chi connectivity index (χ3n) is 8.65. The molecule has 1 unspecified atom stereocenters. The number of nitrogens with zero attached hydrogens (tertiary/aromatic N) is 2. The van der Waals surface area contributed by atoms with Crippen LogP contribution in [-0.4, -0.2) is 23.9 Å². The van der Waals surface area contributed by atoms with Crippen molar-refractivity contribution in [2.75, 3.05) is 13.1 Å². The highest BCUT2D eigenvalue weighted by atomic mass is 35.5. The van der Waals surface area contributed by atoms with E-state index in [1.54, 1.807) is 18.2 Å². The van der Waals surface area contributed by atoms with Gasteiger partial charge in [-0.2, -0.15) is 5.26 Å². The van der Waals surface area contributed by atoms with Crippen LogP contribution in [-0.2, 0) is 17.6 Å². The number of carbonyl (C=O) groups is 1. The van der Waals surface area contributed by atoms with Gasteiger partial charge in [0.25, 0.3) is 0 Å². The molecule has 1 heterocycles. The Balaban J connectivity index is 1.37. The van der Waals surface area contributed by atoms with Crippen molar-refractivity contribution < 1.29 is 13.6 Å². The average molecular weight is 483 g/mol. The summed E-state index contributed by atoms with van der Waals surface area (Å²) in [7, 11) is 0. The normalized spacial score (nSPS) is 26.2. The zero-order valence-corrected chi connectivity index (χ0v) is 20.0. The van der Waals surface area contributed by atoms with Gasteiger partial charge >= 0.3 is 0 Å². The second kappa shape index (κ2) is 8.96. The SMILES string of the molecule is N#Cc1ccc(CCC2(Cc3cccc(F)c3F)C[C@]23CCN(C(=O)C2CCCC2)C3)cc1Cl. The van der Waals surface area contributed by atoms with E-state index in [9.17, 15) is 13.6 Å². The average Bonchev–Trinajstić information content (AvgIpc) is 3.22. The van der Waals surface area contributed by atoms with Crippen LogP contribution in [0.2, 0.25) is 5.02 Å². The lowest BCUT2D eigenvalue weighted by Crippen LogP contribution is -2.34. The first kappa shape index (κ1) is 23.3. The summed E-state index contributed by atoms with van der Waals surface area (Å²) in [5, 5.41) is 9.58. The minimum absolute atomic E-state index is 0.0452. The monoisotopic (exact) mass is 482 g/mol. The van der Waals surface area contributed by atoms with Crippen LogP contribution in [0.25, 0.3) is 0 Å². The minimum atomic E-state index is -0.814. The number of amides is 1. The molecule has 3 aliphatic rings. The first-order chi connectivity index (χ1) is 16.4. The highest BCUT2D eigenvalue weighted by molar-refractivity contribution is 6.31. The van der Waals surface area contributed by atoms with E-state index in [1.165, 1.54) is 0 Å². The molecule has 178 valence electrons. The van der Waals surface area contributed by atoms with Crippen molar-refractivity contribution >= 4 is 17.5 Å². The molecule has 6 heteroatoms. The fraction of sp³-hybridized carbons (Fsp3) is 0.500. The van der Waals surface area contributed by atoms with Gasteiger partial charge in [-0.3, -0.25) is 4.79 Å². The van der Waals surface area contributed by atoms with Gasteiger partial charge in [-0.15, -0.1) is 0 Å². The summed E-state index contributed by atoms with van der Waals surface area (Å²) in [5.74, 6) is -1.14. The van der Waals surface area contributed by atoms with Crippen molar-refractivity contribution in [2.24, 2.45) is 16.7 Å². The van der Waals surface area contributed by atoms with Gasteiger partial charge in [0.15, 0.2) is 11.6 Å². The van der Waals surface area contributed by atoms with Crippen molar-refractivity contribution in [3.8, 4) is 6.07 Å². The predicted octanol–water partition coefficient (Wildman–Crippen LogP) is 6.46. The Bertz CT molecular complexity index is 1160. The Hall–Kier alpha value is -2.45. The first-order valence-electron chi connectivity index (χ1n) is 12.3. The van der Waals surface area contributed by atoms with Gasteiger partial charge in [0.05, 0.1) is 10.6 Å². The molecule has 1 amide bonds. The number of aryl methyl sites for hydroxylation is 1. The molecule has 34 heavy (non-hydrogen) atoms. The summed E-state index contributed by atoms with van der Waals surface area (Å²) in [6, 6.07) is 12.0. The Kier molecular flexibility index (Phi) is 6.14.